The van der Waals surface area contributed by atoms with E-state index in [1.165, 1.54) is 0 Å². The van der Waals surface area contributed by atoms with Gasteiger partial charge in [-0.05, 0) is 44.7 Å². The molecular weight excluding hydrogens is 260 g/mol. The zero-order valence-electron chi connectivity index (χ0n) is 11.5. The lowest BCUT2D eigenvalue weighted by molar-refractivity contribution is 0.109. The Bertz CT molecular complexity index is 513. The zero-order chi connectivity index (χ0) is 14.0. The molecule has 3 nitrogen and oxygen atoms in total. The molecule has 0 saturated heterocycles. The van der Waals surface area contributed by atoms with E-state index < -0.39 is 21.2 Å². The SMILES string of the molecule is Cc1ccc(S(=O)(=O)C(C)[C@H](O)C2CCCC2)cc1. The summed E-state index contributed by atoms with van der Waals surface area (Å²) >= 11 is 0. The smallest absolute Gasteiger partial charge is 0.183 e. The molecule has 1 N–H and O–H groups in total. The number of aliphatic hydroxyl groups excluding tert-OH is 1. The highest BCUT2D eigenvalue weighted by molar-refractivity contribution is 7.92. The van der Waals surface area contributed by atoms with Crippen molar-refractivity contribution >= 4 is 9.84 Å². The van der Waals surface area contributed by atoms with Crippen LogP contribution in [0.3, 0.4) is 0 Å². The van der Waals surface area contributed by atoms with Gasteiger partial charge >= 0.3 is 0 Å². The first-order valence-corrected chi connectivity index (χ1v) is 8.46. The summed E-state index contributed by atoms with van der Waals surface area (Å²) in [6, 6.07) is 6.84. The van der Waals surface area contributed by atoms with Gasteiger partial charge < -0.3 is 5.11 Å². The minimum atomic E-state index is -3.44. The maximum Gasteiger partial charge on any atom is 0.183 e. The van der Waals surface area contributed by atoms with Crippen molar-refractivity contribution in [3.8, 4) is 0 Å². The first-order chi connectivity index (χ1) is 8.93. The molecule has 1 unspecified atom stereocenters. The van der Waals surface area contributed by atoms with E-state index in [0.717, 1.165) is 31.2 Å². The van der Waals surface area contributed by atoms with Crippen LogP contribution in [-0.4, -0.2) is 24.9 Å². The molecule has 0 spiro atoms. The zero-order valence-corrected chi connectivity index (χ0v) is 12.4. The molecule has 1 saturated carbocycles. The lowest BCUT2D eigenvalue weighted by Gasteiger charge is -2.24. The highest BCUT2D eigenvalue weighted by Crippen LogP contribution is 2.32. The van der Waals surface area contributed by atoms with E-state index in [0.29, 0.717) is 4.90 Å². The Kier molecular flexibility index (Phi) is 4.31. The van der Waals surface area contributed by atoms with Crippen molar-refractivity contribution in [2.24, 2.45) is 5.92 Å². The number of sulfone groups is 1. The third-order valence-corrected chi connectivity index (χ3v) is 6.39. The molecular formula is C15H22O3S. The van der Waals surface area contributed by atoms with Gasteiger partial charge in [0, 0.05) is 0 Å². The van der Waals surface area contributed by atoms with Crippen molar-refractivity contribution in [1.29, 1.82) is 0 Å². The Labute approximate surface area is 115 Å². The monoisotopic (exact) mass is 282 g/mol. The topological polar surface area (TPSA) is 54.4 Å². The van der Waals surface area contributed by atoms with Gasteiger partial charge in [-0.15, -0.1) is 0 Å². The van der Waals surface area contributed by atoms with Gasteiger partial charge in [0.1, 0.15) is 0 Å². The van der Waals surface area contributed by atoms with Crippen LogP contribution in [0.5, 0.6) is 0 Å². The molecule has 0 heterocycles. The third-order valence-electron chi connectivity index (χ3n) is 4.20. The van der Waals surface area contributed by atoms with Crippen LogP contribution in [0.1, 0.15) is 38.2 Å². The maximum absolute atomic E-state index is 12.5. The van der Waals surface area contributed by atoms with Crippen molar-refractivity contribution in [2.75, 3.05) is 0 Å². The molecule has 1 fully saturated rings. The molecule has 0 radical (unpaired) electrons. The Morgan fingerprint density at radius 1 is 1.16 bits per heavy atom. The Balaban J connectivity index is 2.20. The molecule has 1 aromatic carbocycles. The van der Waals surface area contributed by atoms with Crippen molar-refractivity contribution in [3.05, 3.63) is 29.8 Å². The fraction of sp³-hybridized carbons (Fsp3) is 0.600. The summed E-state index contributed by atoms with van der Waals surface area (Å²) in [7, 11) is -3.44. The standard InChI is InChI=1S/C15H22O3S/c1-11-7-9-14(10-8-11)19(17,18)12(2)15(16)13-5-3-4-6-13/h7-10,12-13,15-16H,3-6H2,1-2H3/t12?,15-/m0/s1. The molecule has 1 aromatic rings. The second kappa shape index (κ2) is 5.63. The number of aliphatic hydroxyl groups is 1. The summed E-state index contributed by atoms with van der Waals surface area (Å²) in [6.07, 6.45) is 3.32. The summed E-state index contributed by atoms with van der Waals surface area (Å²) in [5.74, 6) is 0.134. The molecule has 0 aliphatic heterocycles. The molecule has 19 heavy (non-hydrogen) atoms. The largest absolute Gasteiger partial charge is 0.391 e. The summed E-state index contributed by atoms with van der Waals surface area (Å²) < 4.78 is 25.0. The van der Waals surface area contributed by atoms with Crippen molar-refractivity contribution < 1.29 is 13.5 Å². The first-order valence-electron chi connectivity index (χ1n) is 6.91. The number of aryl methyl sites for hydroxylation is 1. The molecule has 1 aliphatic carbocycles. The van der Waals surface area contributed by atoms with Gasteiger partial charge in [-0.3, -0.25) is 0 Å². The van der Waals surface area contributed by atoms with E-state index in [4.69, 9.17) is 0 Å². The van der Waals surface area contributed by atoms with Gasteiger partial charge in [0.25, 0.3) is 0 Å². The highest BCUT2D eigenvalue weighted by Gasteiger charge is 2.35. The Morgan fingerprint density at radius 3 is 2.21 bits per heavy atom. The fourth-order valence-electron chi connectivity index (χ4n) is 2.81. The molecule has 0 aromatic heterocycles. The van der Waals surface area contributed by atoms with Crippen molar-refractivity contribution in [2.45, 2.75) is 55.8 Å². The summed E-state index contributed by atoms with van der Waals surface area (Å²) in [5.41, 5.74) is 1.03. The van der Waals surface area contributed by atoms with Crippen LogP contribution in [0, 0.1) is 12.8 Å². The molecule has 0 bridgehead atoms. The average molecular weight is 282 g/mol. The highest BCUT2D eigenvalue weighted by atomic mass is 32.2. The van der Waals surface area contributed by atoms with Crippen LogP contribution in [-0.2, 0) is 9.84 Å². The van der Waals surface area contributed by atoms with Gasteiger partial charge in [0.2, 0.25) is 0 Å². The fourth-order valence-corrected chi connectivity index (χ4v) is 4.34. The van der Waals surface area contributed by atoms with Crippen LogP contribution in [0.25, 0.3) is 0 Å². The van der Waals surface area contributed by atoms with E-state index in [-0.39, 0.29) is 5.92 Å². The van der Waals surface area contributed by atoms with Gasteiger partial charge in [-0.25, -0.2) is 8.42 Å². The number of rotatable bonds is 4. The predicted molar refractivity (Wildman–Crippen MR) is 75.8 cm³/mol. The predicted octanol–water partition coefficient (Wildman–Crippen LogP) is 2.71. The second-order valence-electron chi connectivity index (χ2n) is 5.60. The summed E-state index contributed by atoms with van der Waals surface area (Å²) in [4.78, 5) is 0.308. The van der Waals surface area contributed by atoms with Crippen LogP contribution in [0.15, 0.2) is 29.2 Å². The number of hydrogen-bond acceptors (Lipinski definition) is 3. The number of hydrogen-bond donors (Lipinski definition) is 1. The molecule has 4 heteroatoms. The van der Waals surface area contributed by atoms with Gasteiger partial charge in [-0.1, -0.05) is 30.5 Å². The average Bonchev–Trinajstić information content (AvgIpc) is 2.91. The number of benzene rings is 1. The second-order valence-corrected chi connectivity index (χ2v) is 7.90. The lowest BCUT2D eigenvalue weighted by atomic mass is 9.99. The molecule has 2 rings (SSSR count). The minimum Gasteiger partial charge on any atom is -0.391 e. The summed E-state index contributed by atoms with van der Waals surface area (Å²) in [6.45, 7) is 3.55. The van der Waals surface area contributed by atoms with Crippen LogP contribution in [0.4, 0.5) is 0 Å². The van der Waals surface area contributed by atoms with E-state index in [2.05, 4.69) is 0 Å². The van der Waals surface area contributed by atoms with Crippen molar-refractivity contribution in [3.63, 3.8) is 0 Å². The van der Waals surface area contributed by atoms with Gasteiger partial charge in [0.15, 0.2) is 9.84 Å². The van der Waals surface area contributed by atoms with Gasteiger partial charge in [0.05, 0.1) is 16.2 Å². The minimum absolute atomic E-state index is 0.134. The normalized spacial score (nSPS) is 20.4. The lowest BCUT2D eigenvalue weighted by Crippen LogP contribution is -2.36. The third kappa shape index (κ3) is 3.00. The van der Waals surface area contributed by atoms with E-state index in [9.17, 15) is 13.5 Å². The maximum atomic E-state index is 12.5. The van der Waals surface area contributed by atoms with Crippen LogP contribution >= 0.6 is 0 Å². The van der Waals surface area contributed by atoms with Crippen molar-refractivity contribution in [1.82, 2.24) is 0 Å². The molecule has 2 atom stereocenters. The van der Waals surface area contributed by atoms with Gasteiger partial charge in [-0.2, -0.15) is 0 Å². The quantitative estimate of drug-likeness (QED) is 0.923. The molecule has 1 aliphatic rings. The van der Waals surface area contributed by atoms with Crippen LogP contribution in [0.2, 0.25) is 0 Å². The summed E-state index contributed by atoms with van der Waals surface area (Å²) in [5, 5.41) is 9.55. The Morgan fingerprint density at radius 2 is 1.68 bits per heavy atom. The first kappa shape index (κ1) is 14.5. The molecule has 106 valence electrons. The van der Waals surface area contributed by atoms with E-state index >= 15 is 0 Å². The molecule has 0 amide bonds. The van der Waals surface area contributed by atoms with E-state index in [1.54, 1.807) is 31.2 Å². The Hall–Kier alpha value is -0.870. The van der Waals surface area contributed by atoms with Crippen LogP contribution < -0.4 is 0 Å². The van der Waals surface area contributed by atoms with E-state index in [1.807, 2.05) is 6.92 Å².